The molecule has 2 heterocycles. The molecular weight excluding hydrogens is 224 g/mol. The number of aromatic nitrogens is 2. The fourth-order valence-corrected chi connectivity index (χ4v) is 2.16. The molecule has 7 heteroatoms. The van der Waals surface area contributed by atoms with E-state index in [1.807, 2.05) is 0 Å². The molecule has 0 bridgehead atoms. The number of nitrogen functional groups attached to an aromatic ring is 1. The van der Waals surface area contributed by atoms with E-state index in [0.717, 1.165) is 12.8 Å². The number of carbonyl (C=O) groups is 1. The summed E-state index contributed by atoms with van der Waals surface area (Å²) in [6.45, 7) is 0.679. The summed E-state index contributed by atoms with van der Waals surface area (Å²) in [5, 5.41) is 8.82. The van der Waals surface area contributed by atoms with Gasteiger partial charge in [0.25, 0.3) is 5.56 Å². The average molecular weight is 238 g/mol. The van der Waals surface area contributed by atoms with Gasteiger partial charge in [-0.2, -0.15) is 0 Å². The summed E-state index contributed by atoms with van der Waals surface area (Å²) in [4.78, 5) is 30.3. The first-order valence-electron chi connectivity index (χ1n) is 5.41. The molecular formula is C10H14N4O3. The van der Waals surface area contributed by atoms with Gasteiger partial charge in [0.15, 0.2) is 5.82 Å². The standard InChI is InChI=1S/C10H14N4O3/c11-8-9(12-5-13-10(8)17)14-3-1-2-6(14)4-7(15)16/h5-6H,1-4,11H2,(H,15,16)(H,12,13,17). The van der Waals surface area contributed by atoms with Crippen LogP contribution in [0.15, 0.2) is 11.1 Å². The number of nitrogens with one attached hydrogen (secondary N) is 1. The third kappa shape index (κ3) is 2.22. The highest BCUT2D eigenvalue weighted by atomic mass is 16.4. The van der Waals surface area contributed by atoms with Gasteiger partial charge in [-0.3, -0.25) is 9.59 Å². The van der Waals surface area contributed by atoms with Crippen LogP contribution in [0.1, 0.15) is 19.3 Å². The molecule has 4 N–H and O–H groups in total. The predicted octanol–water partition coefficient (Wildman–Crippen LogP) is -0.204. The largest absolute Gasteiger partial charge is 0.481 e. The van der Waals surface area contributed by atoms with Crippen LogP contribution in [0.25, 0.3) is 0 Å². The van der Waals surface area contributed by atoms with Crippen molar-refractivity contribution in [1.82, 2.24) is 9.97 Å². The minimum absolute atomic E-state index is 0.0356. The van der Waals surface area contributed by atoms with Gasteiger partial charge in [0.1, 0.15) is 5.69 Å². The number of carboxylic acid groups (broad SMARTS) is 1. The Morgan fingerprint density at radius 1 is 1.71 bits per heavy atom. The number of rotatable bonds is 3. The minimum Gasteiger partial charge on any atom is -0.481 e. The van der Waals surface area contributed by atoms with E-state index in [1.54, 1.807) is 4.90 Å². The van der Waals surface area contributed by atoms with Crippen molar-refractivity contribution in [2.75, 3.05) is 17.2 Å². The first kappa shape index (κ1) is 11.4. The quantitative estimate of drug-likeness (QED) is 0.672. The van der Waals surface area contributed by atoms with Crippen LogP contribution in [0.3, 0.4) is 0 Å². The van der Waals surface area contributed by atoms with Crippen molar-refractivity contribution in [2.24, 2.45) is 0 Å². The summed E-state index contributed by atoms with van der Waals surface area (Å²) in [5.74, 6) is -0.470. The second-order valence-corrected chi connectivity index (χ2v) is 4.06. The molecule has 1 saturated heterocycles. The molecule has 1 aliphatic heterocycles. The fourth-order valence-electron chi connectivity index (χ4n) is 2.16. The number of nitrogens with two attached hydrogens (primary N) is 1. The highest BCUT2D eigenvalue weighted by molar-refractivity contribution is 5.70. The Morgan fingerprint density at radius 2 is 2.47 bits per heavy atom. The van der Waals surface area contributed by atoms with Crippen LogP contribution in [0.5, 0.6) is 0 Å². The third-order valence-corrected chi connectivity index (χ3v) is 2.93. The Balaban J connectivity index is 2.29. The number of H-pyrrole nitrogens is 1. The van der Waals surface area contributed by atoms with E-state index < -0.39 is 11.5 Å². The molecule has 17 heavy (non-hydrogen) atoms. The van der Waals surface area contributed by atoms with Gasteiger partial charge in [-0.15, -0.1) is 0 Å². The number of nitrogens with zero attached hydrogens (tertiary/aromatic N) is 2. The summed E-state index contributed by atoms with van der Waals surface area (Å²) in [5.41, 5.74) is 5.31. The first-order chi connectivity index (χ1) is 8.09. The van der Waals surface area contributed by atoms with Gasteiger partial charge in [-0.05, 0) is 12.8 Å². The van der Waals surface area contributed by atoms with E-state index >= 15 is 0 Å². The zero-order valence-electron chi connectivity index (χ0n) is 9.22. The molecule has 1 unspecified atom stereocenters. The van der Waals surface area contributed by atoms with Gasteiger partial charge < -0.3 is 20.7 Å². The van der Waals surface area contributed by atoms with Crippen molar-refractivity contribution in [3.8, 4) is 0 Å². The lowest BCUT2D eigenvalue weighted by molar-refractivity contribution is -0.137. The van der Waals surface area contributed by atoms with Crippen molar-refractivity contribution in [3.63, 3.8) is 0 Å². The van der Waals surface area contributed by atoms with Gasteiger partial charge in [0.2, 0.25) is 0 Å². The van der Waals surface area contributed by atoms with Gasteiger partial charge in [0, 0.05) is 12.6 Å². The number of hydrogen-bond acceptors (Lipinski definition) is 5. The summed E-state index contributed by atoms with van der Waals surface area (Å²) < 4.78 is 0. The molecule has 0 amide bonds. The van der Waals surface area contributed by atoms with Gasteiger partial charge in [-0.1, -0.05) is 0 Å². The molecule has 1 aromatic rings. The second kappa shape index (κ2) is 4.44. The molecule has 0 aliphatic carbocycles. The second-order valence-electron chi connectivity index (χ2n) is 4.06. The normalized spacial score (nSPS) is 19.5. The lowest BCUT2D eigenvalue weighted by Crippen LogP contribution is -2.34. The van der Waals surface area contributed by atoms with E-state index in [4.69, 9.17) is 10.8 Å². The molecule has 7 nitrogen and oxygen atoms in total. The van der Waals surface area contributed by atoms with Gasteiger partial charge >= 0.3 is 5.97 Å². The summed E-state index contributed by atoms with van der Waals surface area (Å²) in [7, 11) is 0. The van der Waals surface area contributed by atoms with Crippen LogP contribution in [0, 0.1) is 0 Å². The number of aromatic amines is 1. The van der Waals surface area contributed by atoms with E-state index in [1.165, 1.54) is 6.33 Å². The van der Waals surface area contributed by atoms with E-state index in [-0.39, 0.29) is 18.2 Å². The van der Waals surface area contributed by atoms with Gasteiger partial charge in [-0.25, -0.2) is 4.98 Å². The maximum absolute atomic E-state index is 11.4. The predicted molar refractivity (Wildman–Crippen MR) is 61.9 cm³/mol. The highest BCUT2D eigenvalue weighted by Crippen LogP contribution is 2.27. The molecule has 1 aromatic heterocycles. The van der Waals surface area contributed by atoms with Crippen molar-refractivity contribution in [2.45, 2.75) is 25.3 Å². The number of carboxylic acids is 1. The lowest BCUT2D eigenvalue weighted by atomic mass is 10.1. The number of aliphatic carboxylic acids is 1. The maximum atomic E-state index is 11.4. The molecule has 0 saturated carbocycles. The molecule has 1 fully saturated rings. The zero-order valence-corrected chi connectivity index (χ0v) is 9.22. The van der Waals surface area contributed by atoms with E-state index in [0.29, 0.717) is 12.4 Å². The van der Waals surface area contributed by atoms with Crippen LogP contribution in [0.4, 0.5) is 11.5 Å². The van der Waals surface area contributed by atoms with Crippen LogP contribution in [0.2, 0.25) is 0 Å². The molecule has 0 radical (unpaired) electrons. The van der Waals surface area contributed by atoms with E-state index in [2.05, 4.69) is 9.97 Å². The zero-order chi connectivity index (χ0) is 12.4. The molecule has 0 aromatic carbocycles. The fraction of sp³-hybridized carbons (Fsp3) is 0.500. The molecule has 1 atom stereocenters. The summed E-state index contributed by atoms with van der Waals surface area (Å²) in [6, 6.07) is -0.135. The van der Waals surface area contributed by atoms with Crippen molar-refractivity contribution in [3.05, 3.63) is 16.7 Å². The Kier molecular flexibility index (Phi) is 2.99. The third-order valence-electron chi connectivity index (χ3n) is 2.93. The van der Waals surface area contributed by atoms with Gasteiger partial charge in [0.05, 0.1) is 12.7 Å². The van der Waals surface area contributed by atoms with Crippen molar-refractivity contribution >= 4 is 17.5 Å². The van der Waals surface area contributed by atoms with Crippen LogP contribution < -0.4 is 16.2 Å². The Hall–Kier alpha value is -2.05. The SMILES string of the molecule is Nc1c(N2CCCC2CC(=O)O)nc[nH]c1=O. The smallest absolute Gasteiger partial charge is 0.305 e. The van der Waals surface area contributed by atoms with Crippen LogP contribution in [-0.2, 0) is 4.79 Å². The highest BCUT2D eigenvalue weighted by Gasteiger charge is 2.29. The lowest BCUT2D eigenvalue weighted by Gasteiger charge is -2.25. The van der Waals surface area contributed by atoms with Crippen LogP contribution in [-0.4, -0.2) is 33.6 Å². The number of anilines is 2. The average Bonchev–Trinajstić information content (AvgIpc) is 2.69. The summed E-state index contributed by atoms with van der Waals surface area (Å²) in [6.07, 6.45) is 2.98. The molecule has 2 rings (SSSR count). The topological polar surface area (TPSA) is 112 Å². The van der Waals surface area contributed by atoms with Crippen molar-refractivity contribution in [1.29, 1.82) is 0 Å². The Labute approximate surface area is 97.3 Å². The first-order valence-corrected chi connectivity index (χ1v) is 5.41. The minimum atomic E-state index is -0.856. The van der Waals surface area contributed by atoms with E-state index in [9.17, 15) is 9.59 Å². The summed E-state index contributed by atoms with van der Waals surface area (Å²) >= 11 is 0. The maximum Gasteiger partial charge on any atom is 0.305 e. The Bertz CT molecular complexity index is 485. The van der Waals surface area contributed by atoms with Crippen molar-refractivity contribution < 1.29 is 9.90 Å². The molecule has 0 spiro atoms. The molecule has 1 aliphatic rings. The monoisotopic (exact) mass is 238 g/mol. The van der Waals surface area contributed by atoms with Crippen LogP contribution >= 0.6 is 0 Å². The number of hydrogen-bond donors (Lipinski definition) is 3. The Morgan fingerprint density at radius 3 is 3.18 bits per heavy atom. The molecule has 92 valence electrons.